The second-order valence-electron chi connectivity index (χ2n) is 5.58. The van der Waals surface area contributed by atoms with Gasteiger partial charge in [-0.1, -0.05) is 28.1 Å². The van der Waals surface area contributed by atoms with Crippen LogP contribution in [0.15, 0.2) is 53.0 Å². The van der Waals surface area contributed by atoms with Gasteiger partial charge in [0.1, 0.15) is 5.54 Å². The van der Waals surface area contributed by atoms with Crippen LogP contribution in [0.1, 0.15) is 22.8 Å². The van der Waals surface area contributed by atoms with Crippen LogP contribution in [0.4, 0.5) is 10.5 Å². The van der Waals surface area contributed by atoms with Crippen LogP contribution < -0.4 is 16.0 Å². The second kappa shape index (κ2) is 6.09. The maximum Gasteiger partial charge on any atom is 0.322 e. The number of anilines is 1. The molecule has 1 aliphatic rings. The fourth-order valence-electron chi connectivity index (χ4n) is 2.46. The smallest absolute Gasteiger partial charge is 0.322 e. The minimum Gasteiger partial charge on any atom is -0.322 e. The summed E-state index contributed by atoms with van der Waals surface area (Å²) in [6, 6.07) is 13.3. The number of halogens is 1. The Labute approximate surface area is 146 Å². The third-order valence-electron chi connectivity index (χ3n) is 3.85. The van der Waals surface area contributed by atoms with Gasteiger partial charge in [-0.2, -0.15) is 0 Å². The zero-order valence-corrected chi connectivity index (χ0v) is 14.3. The molecule has 4 amide bonds. The summed E-state index contributed by atoms with van der Waals surface area (Å²) in [4.78, 5) is 35.7. The Hall–Kier alpha value is -2.67. The van der Waals surface area contributed by atoms with E-state index in [1.165, 1.54) is 0 Å². The van der Waals surface area contributed by atoms with Crippen molar-refractivity contribution in [2.45, 2.75) is 12.5 Å². The van der Waals surface area contributed by atoms with Crippen molar-refractivity contribution in [3.8, 4) is 0 Å². The van der Waals surface area contributed by atoms with Crippen LogP contribution in [0.2, 0.25) is 0 Å². The fourth-order valence-corrected chi connectivity index (χ4v) is 2.72. The zero-order chi connectivity index (χ0) is 17.3. The van der Waals surface area contributed by atoms with Crippen LogP contribution in [0.3, 0.4) is 0 Å². The summed E-state index contributed by atoms with van der Waals surface area (Å²) in [5, 5.41) is 7.60. The molecule has 3 N–H and O–H groups in total. The zero-order valence-electron chi connectivity index (χ0n) is 12.7. The second-order valence-corrected chi connectivity index (χ2v) is 6.49. The van der Waals surface area contributed by atoms with E-state index in [1.807, 2.05) is 0 Å². The molecule has 0 radical (unpaired) electrons. The molecule has 6 nitrogen and oxygen atoms in total. The first-order chi connectivity index (χ1) is 11.4. The third-order valence-corrected chi connectivity index (χ3v) is 4.38. The van der Waals surface area contributed by atoms with Crippen LogP contribution >= 0.6 is 15.9 Å². The Balaban J connectivity index is 1.83. The SMILES string of the molecule is C[C@@]1(c2cccc(NC(=O)c3ccc(Br)cc3)c2)NC(=O)NC1=O. The summed E-state index contributed by atoms with van der Waals surface area (Å²) < 4.78 is 0.886. The summed E-state index contributed by atoms with van der Waals surface area (Å²) >= 11 is 3.32. The van der Waals surface area contributed by atoms with E-state index in [0.29, 0.717) is 16.8 Å². The molecule has 0 aliphatic carbocycles. The number of benzene rings is 2. The van der Waals surface area contributed by atoms with Crippen LogP contribution in [0, 0.1) is 0 Å². The van der Waals surface area contributed by atoms with Gasteiger partial charge in [0.15, 0.2) is 0 Å². The van der Waals surface area contributed by atoms with Gasteiger partial charge in [0.05, 0.1) is 0 Å². The number of nitrogens with one attached hydrogen (secondary N) is 3. The molecule has 2 aromatic rings. The Bertz CT molecular complexity index is 835. The average Bonchev–Trinajstić information content (AvgIpc) is 2.81. The molecule has 0 spiro atoms. The van der Waals surface area contributed by atoms with Crippen LogP contribution in [0.25, 0.3) is 0 Å². The first-order valence-corrected chi connectivity index (χ1v) is 7.99. The standard InChI is InChI=1S/C17H14BrN3O3/c1-17(15(23)20-16(24)21-17)11-3-2-4-13(9-11)19-14(22)10-5-7-12(18)8-6-10/h2-9H,1H3,(H,19,22)(H2,20,21,23,24)/t17-/m0/s1. The molecule has 1 aliphatic heterocycles. The van der Waals surface area contributed by atoms with Gasteiger partial charge >= 0.3 is 6.03 Å². The molecule has 1 heterocycles. The third kappa shape index (κ3) is 3.03. The topological polar surface area (TPSA) is 87.3 Å². The Morgan fingerprint density at radius 3 is 2.46 bits per heavy atom. The van der Waals surface area contributed by atoms with Crippen molar-refractivity contribution >= 4 is 39.5 Å². The number of carbonyl (C=O) groups is 3. The molecule has 1 atom stereocenters. The van der Waals surface area contributed by atoms with E-state index in [2.05, 4.69) is 31.9 Å². The van der Waals surface area contributed by atoms with Gasteiger partial charge < -0.3 is 10.6 Å². The average molecular weight is 388 g/mol. The molecule has 7 heteroatoms. The van der Waals surface area contributed by atoms with Gasteiger partial charge in [0.25, 0.3) is 11.8 Å². The van der Waals surface area contributed by atoms with E-state index >= 15 is 0 Å². The van der Waals surface area contributed by atoms with E-state index < -0.39 is 17.5 Å². The lowest BCUT2D eigenvalue weighted by Crippen LogP contribution is -2.40. The minimum absolute atomic E-state index is 0.260. The highest BCUT2D eigenvalue weighted by Crippen LogP contribution is 2.26. The molecule has 0 saturated carbocycles. The quantitative estimate of drug-likeness (QED) is 0.707. The lowest BCUT2D eigenvalue weighted by molar-refractivity contribution is -0.123. The van der Waals surface area contributed by atoms with Crippen molar-refractivity contribution < 1.29 is 14.4 Å². The van der Waals surface area contributed by atoms with E-state index in [0.717, 1.165) is 4.47 Å². The number of amides is 4. The minimum atomic E-state index is -1.16. The van der Waals surface area contributed by atoms with Crippen LogP contribution in [-0.4, -0.2) is 17.8 Å². The van der Waals surface area contributed by atoms with Gasteiger partial charge in [0.2, 0.25) is 0 Å². The molecular formula is C17H14BrN3O3. The lowest BCUT2D eigenvalue weighted by Gasteiger charge is -2.21. The monoisotopic (exact) mass is 387 g/mol. The van der Waals surface area contributed by atoms with Crippen LogP contribution in [-0.2, 0) is 10.3 Å². The predicted molar refractivity (Wildman–Crippen MR) is 92.6 cm³/mol. The lowest BCUT2D eigenvalue weighted by atomic mass is 9.92. The molecule has 3 rings (SSSR count). The Kier molecular flexibility index (Phi) is 4.11. The van der Waals surface area contributed by atoms with Crippen molar-refractivity contribution in [3.63, 3.8) is 0 Å². The summed E-state index contributed by atoms with van der Waals surface area (Å²) in [7, 11) is 0. The van der Waals surface area contributed by atoms with Gasteiger partial charge in [-0.3, -0.25) is 14.9 Å². The van der Waals surface area contributed by atoms with Gasteiger partial charge in [0, 0.05) is 15.7 Å². The summed E-state index contributed by atoms with van der Waals surface area (Å²) in [5.41, 5.74) is 0.479. The van der Waals surface area contributed by atoms with E-state index in [4.69, 9.17) is 0 Å². The number of hydrogen-bond donors (Lipinski definition) is 3. The predicted octanol–water partition coefficient (Wildman–Crippen LogP) is 2.76. The molecule has 0 unspecified atom stereocenters. The largest absolute Gasteiger partial charge is 0.322 e. The molecule has 1 fully saturated rings. The summed E-state index contributed by atoms with van der Waals surface area (Å²) in [6.07, 6.45) is 0. The molecular weight excluding hydrogens is 374 g/mol. The van der Waals surface area contributed by atoms with E-state index in [-0.39, 0.29) is 5.91 Å². The van der Waals surface area contributed by atoms with E-state index in [9.17, 15) is 14.4 Å². The number of carbonyl (C=O) groups excluding carboxylic acids is 3. The normalized spacial score (nSPS) is 19.6. The first-order valence-electron chi connectivity index (χ1n) is 7.19. The highest BCUT2D eigenvalue weighted by molar-refractivity contribution is 9.10. The number of imide groups is 1. The number of hydrogen-bond acceptors (Lipinski definition) is 3. The maximum absolute atomic E-state index is 12.3. The summed E-state index contributed by atoms with van der Waals surface area (Å²) in [6.45, 7) is 1.61. The first kappa shape index (κ1) is 16.2. The van der Waals surface area contributed by atoms with Gasteiger partial charge in [-0.05, 0) is 48.9 Å². The molecule has 122 valence electrons. The van der Waals surface area contributed by atoms with Crippen molar-refractivity contribution in [2.24, 2.45) is 0 Å². The Morgan fingerprint density at radius 2 is 1.83 bits per heavy atom. The van der Waals surface area contributed by atoms with Gasteiger partial charge in [-0.15, -0.1) is 0 Å². The van der Waals surface area contributed by atoms with Crippen molar-refractivity contribution in [3.05, 3.63) is 64.1 Å². The molecule has 0 bridgehead atoms. The fraction of sp³-hybridized carbons (Fsp3) is 0.118. The molecule has 24 heavy (non-hydrogen) atoms. The molecule has 1 saturated heterocycles. The maximum atomic E-state index is 12.3. The van der Waals surface area contributed by atoms with Crippen molar-refractivity contribution in [1.82, 2.24) is 10.6 Å². The van der Waals surface area contributed by atoms with Crippen molar-refractivity contribution in [2.75, 3.05) is 5.32 Å². The number of urea groups is 1. The molecule has 2 aromatic carbocycles. The Morgan fingerprint density at radius 1 is 1.12 bits per heavy atom. The van der Waals surface area contributed by atoms with E-state index in [1.54, 1.807) is 55.5 Å². The summed E-state index contributed by atoms with van der Waals surface area (Å²) in [5.74, 6) is -0.686. The number of rotatable bonds is 3. The molecule has 0 aromatic heterocycles. The highest BCUT2D eigenvalue weighted by atomic mass is 79.9. The highest BCUT2D eigenvalue weighted by Gasteiger charge is 2.43. The van der Waals surface area contributed by atoms with Crippen LogP contribution in [0.5, 0.6) is 0 Å². The van der Waals surface area contributed by atoms with Crippen molar-refractivity contribution in [1.29, 1.82) is 0 Å². The van der Waals surface area contributed by atoms with Gasteiger partial charge in [-0.25, -0.2) is 4.79 Å².